The van der Waals surface area contributed by atoms with Gasteiger partial charge in [0.2, 0.25) is 5.95 Å². The summed E-state index contributed by atoms with van der Waals surface area (Å²) in [5, 5.41) is 5.32. The number of amides is 2. The van der Waals surface area contributed by atoms with Crippen LogP contribution in [0.3, 0.4) is 0 Å². The largest absolute Gasteiger partial charge is 0.368 e. The second-order valence-corrected chi connectivity index (χ2v) is 5.78. The van der Waals surface area contributed by atoms with Gasteiger partial charge in [-0.3, -0.25) is 9.59 Å². The Morgan fingerprint density at radius 1 is 0.963 bits per heavy atom. The van der Waals surface area contributed by atoms with Crippen molar-refractivity contribution in [2.45, 2.75) is 6.92 Å². The molecule has 3 rings (SSSR count). The lowest BCUT2D eigenvalue weighted by Gasteiger charge is -2.11. The fraction of sp³-hybridized carbons (Fsp3) is 0.0526. The molecule has 0 spiro atoms. The van der Waals surface area contributed by atoms with E-state index in [4.69, 9.17) is 5.73 Å². The summed E-state index contributed by atoms with van der Waals surface area (Å²) >= 11 is 0. The summed E-state index contributed by atoms with van der Waals surface area (Å²) in [5.41, 5.74) is 7.48. The van der Waals surface area contributed by atoms with Gasteiger partial charge in [0, 0.05) is 16.8 Å². The quantitative estimate of drug-likeness (QED) is 0.658. The zero-order chi connectivity index (χ0) is 19.4. The summed E-state index contributed by atoms with van der Waals surface area (Å²) in [6.07, 6.45) is 2.79. The zero-order valence-electron chi connectivity index (χ0n) is 14.4. The third-order valence-corrected chi connectivity index (χ3v) is 3.76. The van der Waals surface area contributed by atoms with Crippen LogP contribution < -0.4 is 16.4 Å². The minimum absolute atomic E-state index is 0.103. The maximum Gasteiger partial charge on any atom is 0.256 e. The number of halogens is 1. The molecule has 2 amide bonds. The van der Waals surface area contributed by atoms with Gasteiger partial charge in [0.25, 0.3) is 11.8 Å². The van der Waals surface area contributed by atoms with Gasteiger partial charge in [-0.1, -0.05) is 12.1 Å². The second-order valence-electron chi connectivity index (χ2n) is 5.78. The molecule has 3 aromatic rings. The summed E-state index contributed by atoms with van der Waals surface area (Å²) < 4.78 is 13.3. The number of nitrogens with zero attached hydrogens (tertiary/aromatic N) is 2. The van der Waals surface area contributed by atoms with Crippen LogP contribution >= 0.6 is 0 Å². The number of anilines is 3. The van der Waals surface area contributed by atoms with E-state index in [1.54, 1.807) is 25.1 Å². The number of aromatic nitrogens is 2. The number of hydrogen-bond acceptors (Lipinski definition) is 5. The van der Waals surface area contributed by atoms with Gasteiger partial charge in [0.05, 0.1) is 18.1 Å². The van der Waals surface area contributed by atoms with Gasteiger partial charge < -0.3 is 16.4 Å². The van der Waals surface area contributed by atoms with E-state index in [2.05, 4.69) is 20.6 Å². The third-order valence-electron chi connectivity index (χ3n) is 3.76. The normalized spacial score (nSPS) is 10.3. The summed E-state index contributed by atoms with van der Waals surface area (Å²) in [5.74, 6) is -1.26. The molecule has 1 heterocycles. The lowest BCUT2D eigenvalue weighted by Crippen LogP contribution is -2.16. The van der Waals surface area contributed by atoms with Gasteiger partial charge in [-0.15, -0.1) is 0 Å². The van der Waals surface area contributed by atoms with Crippen molar-refractivity contribution in [3.05, 3.63) is 77.4 Å². The predicted octanol–water partition coefficient (Wildman–Crippen LogP) is 3.01. The summed E-state index contributed by atoms with van der Waals surface area (Å²) in [6.45, 7) is 1.77. The Kier molecular flexibility index (Phi) is 5.07. The van der Waals surface area contributed by atoms with Crippen molar-refractivity contribution in [1.82, 2.24) is 9.97 Å². The van der Waals surface area contributed by atoms with Gasteiger partial charge in [-0.2, -0.15) is 0 Å². The molecule has 4 N–H and O–H groups in total. The lowest BCUT2D eigenvalue weighted by molar-refractivity contribution is 0.101. The van der Waals surface area contributed by atoms with Crippen LogP contribution in [0.15, 0.2) is 54.9 Å². The van der Waals surface area contributed by atoms with Crippen LogP contribution in [-0.4, -0.2) is 21.8 Å². The molecule has 0 aliphatic rings. The van der Waals surface area contributed by atoms with Gasteiger partial charge in [-0.05, 0) is 42.8 Å². The van der Waals surface area contributed by atoms with Gasteiger partial charge in [-0.25, -0.2) is 14.4 Å². The molecule has 0 saturated heterocycles. The molecule has 2 aromatic carbocycles. The number of benzene rings is 2. The fourth-order valence-electron chi connectivity index (χ4n) is 2.38. The highest BCUT2D eigenvalue weighted by molar-refractivity contribution is 6.08. The predicted molar refractivity (Wildman–Crippen MR) is 99.9 cm³/mol. The molecule has 0 aliphatic heterocycles. The number of nitrogen functional groups attached to an aromatic ring is 1. The lowest BCUT2D eigenvalue weighted by atomic mass is 10.1. The van der Waals surface area contributed by atoms with Crippen molar-refractivity contribution >= 4 is 29.1 Å². The molecule has 1 aromatic heterocycles. The number of rotatable bonds is 4. The van der Waals surface area contributed by atoms with Crippen molar-refractivity contribution < 1.29 is 14.0 Å². The first kappa shape index (κ1) is 18.0. The van der Waals surface area contributed by atoms with Crippen LogP contribution in [-0.2, 0) is 0 Å². The topological polar surface area (TPSA) is 110 Å². The third kappa shape index (κ3) is 4.43. The Balaban J connectivity index is 1.78. The number of nitrogens with one attached hydrogen (secondary N) is 2. The highest BCUT2D eigenvalue weighted by Gasteiger charge is 2.13. The van der Waals surface area contributed by atoms with Crippen molar-refractivity contribution in [3.63, 3.8) is 0 Å². The van der Waals surface area contributed by atoms with Crippen molar-refractivity contribution in [2.24, 2.45) is 0 Å². The van der Waals surface area contributed by atoms with E-state index < -0.39 is 11.7 Å². The first-order valence-corrected chi connectivity index (χ1v) is 7.99. The van der Waals surface area contributed by atoms with E-state index in [0.717, 1.165) is 6.07 Å². The maximum atomic E-state index is 13.3. The average Bonchev–Trinajstić information content (AvgIpc) is 2.65. The van der Waals surface area contributed by atoms with Crippen LogP contribution in [0, 0.1) is 12.7 Å². The van der Waals surface area contributed by atoms with Crippen LogP contribution in [0.2, 0.25) is 0 Å². The van der Waals surface area contributed by atoms with E-state index in [-0.39, 0.29) is 17.4 Å². The molecule has 0 unspecified atom stereocenters. The molecule has 0 fully saturated rings. The first-order chi connectivity index (χ1) is 12.9. The molecule has 7 nitrogen and oxygen atoms in total. The first-order valence-electron chi connectivity index (χ1n) is 7.99. The fourth-order valence-corrected chi connectivity index (χ4v) is 2.38. The van der Waals surface area contributed by atoms with Crippen LogP contribution in [0.1, 0.15) is 26.3 Å². The number of carbonyl (C=O) groups excluding carboxylic acids is 2. The minimum Gasteiger partial charge on any atom is -0.368 e. The SMILES string of the molecule is Cc1ccc(NC(=O)c2cccc(F)c2)cc1C(=O)Nc1cnc(N)nc1. The Hall–Kier alpha value is -3.81. The number of carbonyl (C=O) groups is 2. The number of nitrogens with two attached hydrogens (primary N) is 1. The smallest absolute Gasteiger partial charge is 0.256 e. The molecular weight excluding hydrogens is 349 g/mol. The van der Waals surface area contributed by atoms with Gasteiger partial charge >= 0.3 is 0 Å². The summed E-state index contributed by atoms with van der Waals surface area (Å²) in [7, 11) is 0. The Morgan fingerprint density at radius 2 is 1.67 bits per heavy atom. The molecule has 0 aliphatic carbocycles. The van der Waals surface area contributed by atoms with E-state index in [1.807, 2.05) is 0 Å². The van der Waals surface area contributed by atoms with Crippen LogP contribution in [0.4, 0.5) is 21.7 Å². The molecule has 0 saturated carbocycles. The van der Waals surface area contributed by atoms with Crippen molar-refractivity contribution in [1.29, 1.82) is 0 Å². The highest BCUT2D eigenvalue weighted by Crippen LogP contribution is 2.18. The number of hydrogen-bond donors (Lipinski definition) is 3. The maximum absolute atomic E-state index is 13.3. The molecule has 8 heteroatoms. The Labute approximate surface area is 154 Å². The molecule has 136 valence electrons. The standard InChI is InChI=1S/C19H16FN5O2/c1-11-5-6-14(24-17(26)12-3-2-4-13(20)7-12)8-16(11)18(27)25-15-9-22-19(21)23-10-15/h2-10H,1H3,(H,24,26)(H,25,27)(H2,21,22,23). The van der Waals surface area contributed by atoms with Crippen molar-refractivity contribution in [2.75, 3.05) is 16.4 Å². The zero-order valence-corrected chi connectivity index (χ0v) is 14.4. The molecule has 0 radical (unpaired) electrons. The molecular formula is C19H16FN5O2. The van der Waals surface area contributed by atoms with Gasteiger partial charge in [0.1, 0.15) is 5.82 Å². The summed E-state index contributed by atoms with van der Waals surface area (Å²) in [6, 6.07) is 10.3. The van der Waals surface area contributed by atoms with Crippen LogP contribution in [0.25, 0.3) is 0 Å². The molecule has 0 bridgehead atoms. The Bertz CT molecular complexity index is 1010. The van der Waals surface area contributed by atoms with E-state index in [9.17, 15) is 14.0 Å². The summed E-state index contributed by atoms with van der Waals surface area (Å²) in [4.78, 5) is 32.4. The van der Waals surface area contributed by atoms with E-state index in [0.29, 0.717) is 22.5 Å². The molecule has 0 atom stereocenters. The van der Waals surface area contributed by atoms with E-state index in [1.165, 1.54) is 30.6 Å². The minimum atomic E-state index is -0.502. The monoisotopic (exact) mass is 365 g/mol. The average molecular weight is 365 g/mol. The van der Waals surface area contributed by atoms with Crippen molar-refractivity contribution in [3.8, 4) is 0 Å². The van der Waals surface area contributed by atoms with E-state index >= 15 is 0 Å². The second kappa shape index (κ2) is 7.61. The van der Waals surface area contributed by atoms with Gasteiger partial charge in [0.15, 0.2) is 0 Å². The molecule has 27 heavy (non-hydrogen) atoms. The Morgan fingerprint density at radius 3 is 2.37 bits per heavy atom. The highest BCUT2D eigenvalue weighted by atomic mass is 19.1. The number of aryl methyl sites for hydroxylation is 1. The van der Waals surface area contributed by atoms with Crippen LogP contribution in [0.5, 0.6) is 0 Å².